The zero-order valence-electron chi connectivity index (χ0n) is 13.9. The summed E-state index contributed by atoms with van der Waals surface area (Å²) in [5.41, 5.74) is 2.92. The zero-order valence-corrected chi connectivity index (χ0v) is 13.9. The first-order valence-corrected chi connectivity index (χ1v) is 8.33. The third kappa shape index (κ3) is 2.46. The van der Waals surface area contributed by atoms with E-state index in [2.05, 4.69) is 15.2 Å². The minimum atomic E-state index is -0.373. The average molecular weight is 334 g/mol. The van der Waals surface area contributed by atoms with Crippen molar-refractivity contribution in [3.05, 3.63) is 60.2 Å². The van der Waals surface area contributed by atoms with Crippen molar-refractivity contribution in [1.29, 1.82) is 0 Å². The molecule has 0 aliphatic carbocycles. The monoisotopic (exact) mass is 334 g/mol. The topological polar surface area (TPSA) is 65.5 Å². The molecule has 6 nitrogen and oxygen atoms in total. The van der Waals surface area contributed by atoms with Crippen molar-refractivity contribution in [2.75, 3.05) is 28.2 Å². The second kappa shape index (κ2) is 6.05. The van der Waals surface area contributed by atoms with E-state index in [9.17, 15) is 9.59 Å². The molecule has 0 fully saturated rings. The van der Waals surface area contributed by atoms with Crippen LogP contribution in [0.2, 0.25) is 0 Å². The van der Waals surface area contributed by atoms with Gasteiger partial charge in [0, 0.05) is 37.6 Å². The molecule has 0 atom stereocenters. The predicted molar refractivity (Wildman–Crippen MR) is 96.3 cm³/mol. The van der Waals surface area contributed by atoms with Crippen LogP contribution < -0.4 is 15.1 Å². The number of nitrogens with zero attached hydrogens (tertiary/aromatic N) is 3. The molecule has 0 saturated carbocycles. The molecule has 0 saturated heterocycles. The van der Waals surface area contributed by atoms with Gasteiger partial charge in [0.25, 0.3) is 5.91 Å². The van der Waals surface area contributed by atoms with Crippen molar-refractivity contribution < 1.29 is 9.59 Å². The van der Waals surface area contributed by atoms with Crippen molar-refractivity contribution >= 4 is 28.8 Å². The van der Waals surface area contributed by atoms with Crippen molar-refractivity contribution in [1.82, 2.24) is 4.98 Å². The largest absolute Gasteiger partial charge is 0.325 e. The first kappa shape index (κ1) is 15.4. The highest BCUT2D eigenvalue weighted by molar-refractivity contribution is 6.25. The second-order valence-electron chi connectivity index (χ2n) is 5.95. The summed E-state index contributed by atoms with van der Waals surface area (Å²) < 4.78 is 0. The SMILES string of the molecule is CCN1C2=C(C(=O)Nc3ccncc3)C(=O)CCN2c2ccccc21. The summed E-state index contributed by atoms with van der Waals surface area (Å²) >= 11 is 0. The fraction of sp³-hybridized carbons (Fsp3) is 0.211. The molecule has 25 heavy (non-hydrogen) atoms. The molecular formula is C19H18N4O2. The van der Waals surface area contributed by atoms with E-state index in [0.717, 1.165) is 11.4 Å². The predicted octanol–water partition coefficient (Wildman–Crippen LogP) is 2.55. The molecule has 1 N–H and O–H groups in total. The van der Waals surface area contributed by atoms with E-state index < -0.39 is 0 Å². The van der Waals surface area contributed by atoms with Gasteiger partial charge < -0.3 is 15.1 Å². The number of nitrogens with one attached hydrogen (secondary N) is 1. The number of anilines is 3. The smallest absolute Gasteiger partial charge is 0.263 e. The highest BCUT2D eigenvalue weighted by atomic mass is 16.2. The Kier molecular flexibility index (Phi) is 3.72. The Balaban J connectivity index is 1.79. The van der Waals surface area contributed by atoms with Crippen LogP contribution in [0, 0.1) is 0 Å². The lowest BCUT2D eigenvalue weighted by molar-refractivity contribution is -0.120. The molecule has 1 amide bonds. The Morgan fingerprint density at radius 3 is 2.60 bits per heavy atom. The maximum absolute atomic E-state index is 12.9. The highest BCUT2D eigenvalue weighted by Crippen LogP contribution is 2.44. The number of pyridine rings is 1. The molecule has 0 bridgehead atoms. The van der Waals surface area contributed by atoms with Gasteiger partial charge in [-0.3, -0.25) is 14.6 Å². The number of carbonyl (C=O) groups is 2. The molecule has 0 radical (unpaired) electrons. The molecule has 3 heterocycles. The van der Waals surface area contributed by atoms with Crippen LogP contribution in [0.4, 0.5) is 17.1 Å². The lowest BCUT2D eigenvalue weighted by atomic mass is 10.0. The number of carbonyl (C=O) groups excluding carboxylic acids is 2. The first-order valence-electron chi connectivity index (χ1n) is 8.33. The fourth-order valence-electron chi connectivity index (χ4n) is 3.43. The molecule has 2 aliphatic heterocycles. The normalized spacial score (nSPS) is 16.0. The lowest BCUT2D eigenvalue weighted by Gasteiger charge is -2.30. The Hall–Kier alpha value is -3.15. The molecule has 6 heteroatoms. The van der Waals surface area contributed by atoms with Crippen molar-refractivity contribution in [3.8, 4) is 0 Å². The van der Waals surface area contributed by atoms with Gasteiger partial charge in [-0.1, -0.05) is 12.1 Å². The maximum Gasteiger partial charge on any atom is 0.263 e. The Morgan fingerprint density at radius 2 is 1.88 bits per heavy atom. The summed E-state index contributed by atoms with van der Waals surface area (Å²) in [7, 11) is 0. The van der Waals surface area contributed by atoms with E-state index in [1.165, 1.54) is 0 Å². The molecule has 1 aromatic heterocycles. The van der Waals surface area contributed by atoms with Crippen LogP contribution in [-0.2, 0) is 9.59 Å². The molecule has 0 unspecified atom stereocenters. The van der Waals surface area contributed by atoms with Gasteiger partial charge in [0.15, 0.2) is 5.78 Å². The van der Waals surface area contributed by atoms with E-state index in [-0.39, 0.29) is 17.3 Å². The summed E-state index contributed by atoms with van der Waals surface area (Å²) in [4.78, 5) is 33.5. The molecule has 1 aromatic carbocycles. The number of rotatable bonds is 3. The molecule has 0 spiro atoms. The van der Waals surface area contributed by atoms with Gasteiger partial charge >= 0.3 is 0 Å². The number of amides is 1. The van der Waals surface area contributed by atoms with Crippen LogP contribution in [0.3, 0.4) is 0 Å². The minimum absolute atomic E-state index is 0.121. The zero-order chi connectivity index (χ0) is 17.4. The second-order valence-corrected chi connectivity index (χ2v) is 5.95. The highest BCUT2D eigenvalue weighted by Gasteiger charge is 2.40. The van der Waals surface area contributed by atoms with Gasteiger partial charge in [0.05, 0.1) is 11.4 Å². The van der Waals surface area contributed by atoms with E-state index in [0.29, 0.717) is 31.0 Å². The Morgan fingerprint density at radius 1 is 1.16 bits per heavy atom. The first-order chi connectivity index (χ1) is 12.2. The number of Topliss-reactive ketones (excluding diaryl/α,β-unsaturated/α-hetero) is 1. The van der Waals surface area contributed by atoms with Crippen LogP contribution >= 0.6 is 0 Å². The lowest BCUT2D eigenvalue weighted by Crippen LogP contribution is -2.40. The molecule has 2 aliphatic rings. The number of hydrogen-bond acceptors (Lipinski definition) is 5. The van der Waals surface area contributed by atoms with Crippen molar-refractivity contribution in [2.45, 2.75) is 13.3 Å². The average Bonchev–Trinajstić information content (AvgIpc) is 2.95. The Bertz CT molecular complexity index is 861. The van der Waals surface area contributed by atoms with Crippen molar-refractivity contribution in [2.24, 2.45) is 0 Å². The van der Waals surface area contributed by atoms with Crippen molar-refractivity contribution in [3.63, 3.8) is 0 Å². The number of aromatic nitrogens is 1. The van der Waals surface area contributed by atoms with Gasteiger partial charge in [0.1, 0.15) is 11.4 Å². The summed E-state index contributed by atoms with van der Waals surface area (Å²) in [5, 5.41) is 2.82. The van der Waals surface area contributed by atoms with E-state index >= 15 is 0 Å². The minimum Gasteiger partial charge on any atom is -0.325 e. The van der Waals surface area contributed by atoms with Gasteiger partial charge in [-0.2, -0.15) is 0 Å². The standard InChI is InChI=1S/C19H18N4O2/c1-2-22-14-5-3-4-6-15(14)23-12-9-16(24)17(19(22)23)18(25)21-13-7-10-20-11-8-13/h3-8,10-11H,2,9,12H2,1H3,(H,20,21,25). The fourth-order valence-corrected chi connectivity index (χ4v) is 3.43. The maximum atomic E-state index is 12.9. The van der Waals surface area contributed by atoms with Crippen LogP contribution in [0.25, 0.3) is 0 Å². The quantitative estimate of drug-likeness (QED) is 0.874. The number of fused-ring (bicyclic) bond motifs is 3. The summed E-state index contributed by atoms with van der Waals surface area (Å²) in [6, 6.07) is 11.4. The number of para-hydroxylation sites is 2. The van der Waals surface area contributed by atoms with Gasteiger partial charge in [-0.25, -0.2) is 0 Å². The van der Waals surface area contributed by atoms with Gasteiger partial charge in [-0.15, -0.1) is 0 Å². The van der Waals surface area contributed by atoms with Crippen LogP contribution in [0.1, 0.15) is 13.3 Å². The Labute approximate surface area is 145 Å². The van der Waals surface area contributed by atoms with Crippen LogP contribution in [-0.4, -0.2) is 29.8 Å². The number of benzene rings is 1. The van der Waals surface area contributed by atoms with E-state index in [1.807, 2.05) is 36.1 Å². The van der Waals surface area contributed by atoms with Gasteiger partial charge in [-0.05, 0) is 31.2 Å². The number of ketones is 1. The molecular weight excluding hydrogens is 316 g/mol. The van der Waals surface area contributed by atoms with Gasteiger partial charge in [0.2, 0.25) is 0 Å². The number of hydrogen-bond donors (Lipinski definition) is 1. The summed E-state index contributed by atoms with van der Waals surface area (Å²) in [5.74, 6) is 0.192. The molecule has 4 rings (SSSR count). The molecule has 126 valence electrons. The third-order valence-electron chi connectivity index (χ3n) is 4.52. The molecule has 2 aromatic rings. The third-order valence-corrected chi connectivity index (χ3v) is 4.52. The van der Waals surface area contributed by atoms with E-state index in [1.54, 1.807) is 24.5 Å². The summed E-state index contributed by atoms with van der Waals surface area (Å²) in [6.45, 7) is 3.29. The summed E-state index contributed by atoms with van der Waals surface area (Å²) in [6.07, 6.45) is 3.53. The van der Waals surface area contributed by atoms with E-state index in [4.69, 9.17) is 0 Å². The van der Waals surface area contributed by atoms with Crippen LogP contribution in [0.15, 0.2) is 60.2 Å². The van der Waals surface area contributed by atoms with Crippen LogP contribution in [0.5, 0.6) is 0 Å².